The number of amides is 1. The maximum absolute atomic E-state index is 11.2. The zero-order valence-corrected chi connectivity index (χ0v) is 11.2. The molecule has 0 aliphatic carbocycles. The Morgan fingerprint density at radius 1 is 1.21 bits per heavy atom. The number of anilines is 1. The molecular weight excluding hydrogens is 258 g/mol. The largest absolute Gasteiger partial charge is 0.369 e. The van der Waals surface area contributed by atoms with Crippen molar-refractivity contribution in [3.63, 3.8) is 0 Å². The number of carbonyl (C=O) groups is 1. The van der Waals surface area contributed by atoms with Gasteiger partial charge < -0.3 is 11.1 Å². The minimum atomic E-state index is -0.466. The van der Waals surface area contributed by atoms with Crippen molar-refractivity contribution in [2.45, 2.75) is 4.90 Å². The molecule has 0 saturated carbocycles. The highest BCUT2D eigenvalue weighted by Crippen LogP contribution is 2.17. The van der Waals surface area contributed by atoms with Gasteiger partial charge in [0.1, 0.15) is 5.82 Å². The van der Waals surface area contributed by atoms with Crippen LogP contribution in [-0.2, 0) is 0 Å². The molecule has 0 radical (unpaired) electrons. The van der Waals surface area contributed by atoms with Crippen LogP contribution in [0.25, 0.3) is 0 Å². The van der Waals surface area contributed by atoms with Gasteiger partial charge in [-0.25, -0.2) is 4.98 Å². The number of nitrogens with one attached hydrogen (secondary N) is 1. The van der Waals surface area contributed by atoms with Crippen LogP contribution in [0.4, 0.5) is 5.82 Å². The van der Waals surface area contributed by atoms with Gasteiger partial charge in [0.05, 0.1) is 5.56 Å². The van der Waals surface area contributed by atoms with Gasteiger partial charge in [0, 0.05) is 23.4 Å². The molecule has 3 N–H and O–H groups in total. The number of nitrogens with two attached hydrogens (primary N) is 1. The molecule has 0 saturated heterocycles. The highest BCUT2D eigenvalue weighted by molar-refractivity contribution is 7.99. The summed E-state index contributed by atoms with van der Waals surface area (Å²) in [5.74, 6) is 0.966. The fraction of sp³-hybridized carbons (Fsp3) is 0.143. The summed E-state index contributed by atoms with van der Waals surface area (Å²) >= 11 is 1.75. The molecule has 1 aromatic carbocycles. The summed E-state index contributed by atoms with van der Waals surface area (Å²) in [7, 11) is 0. The molecule has 0 aliphatic heterocycles. The lowest BCUT2D eigenvalue weighted by Crippen LogP contribution is -2.16. The van der Waals surface area contributed by atoms with E-state index in [-0.39, 0.29) is 0 Å². The fourth-order valence-corrected chi connectivity index (χ4v) is 2.39. The predicted molar refractivity (Wildman–Crippen MR) is 78.4 cm³/mol. The van der Waals surface area contributed by atoms with Crippen molar-refractivity contribution in [3.05, 3.63) is 54.2 Å². The third-order valence-electron chi connectivity index (χ3n) is 2.48. The van der Waals surface area contributed by atoms with Crippen LogP contribution in [0.5, 0.6) is 0 Å². The molecule has 2 rings (SSSR count). The highest BCUT2D eigenvalue weighted by Gasteiger charge is 2.07. The molecule has 0 atom stereocenters. The van der Waals surface area contributed by atoms with Gasteiger partial charge in [-0.3, -0.25) is 4.79 Å². The number of aromatic nitrogens is 1. The average Bonchev–Trinajstić information content (AvgIpc) is 2.45. The third-order valence-corrected chi connectivity index (χ3v) is 3.49. The second kappa shape index (κ2) is 6.80. The summed E-state index contributed by atoms with van der Waals surface area (Å²) in [6.45, 7) is 0.719. The molecule has 2 aromatic rings. The van der Waals surface area contributed by atoms with Crippen molar-refractivity contribution in [1.29, 1.82) is 0 Å². The van der Waals surface area contributed by atoms with Crippen molar-refractivity contribution < 1.29 is 4.79 Å². The van der Waals surface area contributed by atoms with Crippen LogP contribution in [0.3, 0.4) is 0 Å². The van der Waals surface area contributed by atoms with Crippen molar-refractivity contribution in [2.24, 2.45) is 5.73 Å². The second-order valence-corrected chi connectivity index (χ2v) is 5.02. The first-order chi connectivity index (χ1) is 9.27. The molecule has 0 aliphatic rings. The first kappa shape index (κ1) is 13.4. The van der Waals surface area contributed by atoms with Crippen LogP contribution in [-0.4, -0.2) is 23.2 Å². The number of hydrogen-bond acceptors (Lipinski definition) is 4. The summed E-state index contributed by atoms with van der Waals surface area (Å²) < 4.78 is 0. The number of rotatable bonds is 6. The number of pyridine rings is 1. The molecule has 1 amide bonds. The van der Waals surface area contributed by atoms with Crippen molar-refractivity contribution in [2.75, 3.05) is 17.6 Å². The van der Waals surface area contributed by atoms with Crippen molar-refractivity contribution >= 4 is 23.5 Å². The van der Waals surface area contributed by atoms with Gasteiger partial charge >= 0.3 is 0 Å². The van der Waals surface area contributed by atoms with E-state index in [1.54, 1.807) is 30.1 Å². The summed E-state index contributed by atoms with van der Waals surface area (Å²) in [6.07, 6.45) is 1.64. The maximum Gasteiger partial charge on any atom is 0.252 e. The van der Waals surface area contributed by atoms with E-state index in [0.29, 0.717) is 11.4 Å². The molecule has 0 fully saturated rings. The minimum Gasteiger partial charge on any atom is -0.369 e. The van der Waals surface area contributed by atoms with Crippen LogP contribution in [0.15, 0.2) is 53.6 Å². The van der Waals surface area contributed by atoms with Gasteiger partial charge in [-0.2, -0.15) is 0 Å². The normalized spacial score (nSPS) is 10.1. The van der Waals surface area contributed by atoms with E-state index < -0.39 is 5.91 Å². The summed E-state index contributed by atoms with van der Waals surface area (Å²) in [5, 5.41) is 3.13. The second-order valence-electron chi connectivity index (χ2n) is 3.85. The van der Waals surface area contributed by atoms with E-state index >= 15 is 0 Å². The molecule has 0 spiro atoms. The van der Waals surface area contributed by atoms with Crippen LogP contribution in [0.1, 0.15) is 10.4 Å². The topological polar surface area (TPSA) is 68.0 Å². The van der Waals surface area contributed by atoms with Gasteiger partial charge in [-0.15, -0.1) is 11.8 Å². The number of thioether (sulfide) groups is 1. The Hall–Kier alpha value is -2.01. The Kier molecular flexibility index (Phi) is 4.80. The molecule has 19 heavy (non-hydrogen) atoms. The van der Waals surface area contributed by atoms with Gasteiger partial charge in [-0.1, -0.05) is 18.2 Å². The van der Waals surface area contributed by atoms with Gasteiger partial charge in [-0.05, 0) is 24.3 Å². The first-order valence-electron chi connectivity index (χ1n) is 5.94. The Morgan fingerprint density at radius 2 is 2.00 bits per heavy atom. The maximum atomic E-state index is 11.2. The van der Waals surface area contributed by atoms with Crippen molar-refractivity contribution in [3.8, 4) is 0 Å². The highest BCUT2D eigenvalue weighted by atomic mass is 32.2. The zero-order valence-electron chi connectivity index (χ0n) is 10.4. The monoisotopic (exact) mass is 273 g/mol. The lowest BCUT2D eigenvalue weighted by atomic mass is 10.2. The minimum absolute atomic E-state index is 0.423. The number of nitrogens with zero attached hydrogens (tertiary/aromatic N) is 1. The van der Waals surface area contributed by atoms with Gasteiger partial charge in [0.25, 0.3) is 5.91 Å². The summed E-state index contributed by atoms with van der Waals surface area (Å²) in [4.78, 5) is 16.6. The summed E-state index contributed by atoms with van der Waals surface area (Å²) in [6, 6.07) is 13.5. The fourth-order valence-electron chi connectivity index (χ4n) is 1.60. The van der Waals surface area contributed by atoms with Crippen LogP contribution in [0.2, 0.25) is 0 Å². The lowest BCUT2D eigenvalue weighted by Gasteiger charge is -2.08. The van der Waals surface area contributed by atoms with E-state index in [1.807, 2.05) is 18.2 Å². The van der Waals surface area contributed by atoms with E-state index in [0.717, 1.165) is 12.3 Å². The summed E-state index contributed by atoms with van der Waals surface area (Å²) in [5.41, 5.74) is 5.71. The Balaban J connectivity index is 1.85. The SMILES string of the molecule is NC(=O)c1cccnc1NCCSc1ccccc1. The molecule has 0 unspecified atom stereocenters. The number of carbonyl (C=O) groups excluding carboxylic acids is 1. The molecule has 4 nitrogen and oxygen atoms in total. The van der Waals surface area contributed by atoms with E-state index in [4.69, 9.17) is 5.73 Å². The van der Waals surface area contributed by atoms with Crippen LogP contribution in [0, 0.1) is 0 Å². The van der Waals surface area contributed by atoms with Crippen molar-refractivity contribution in [1.82, 2.24) is 4.98 Å². The molecule has 1 heterocycles. The third kappa shape index (κ3) is 3.99. The Bertz CT molecular complexity index is 545. The zero-order chi connectivity index (χ0) is 13.5. The van der Waals surface area contributed by atoms with E-state index in [1.165, 1.54) is 4.90 Å². The quantitative estimate of drug-likeness (QED) is 0.626. The van der Waals surface area contributed by atoms with E-state index in [9.17, 15) is 4.79 Å². The number of benzene rings is 1. The first-order valence-corrected chi connectivity index (χ1v) is 6.92. The van der Waals surface area contributed by atoms with E-state index in [2.05, 4.69) is 22.4 Å². The molecule has 0 bridgehead atoms. The predicted octanol–water partition coefficient (Wildman–Crippen LogP) is 2.38. The molecular formula is C14H15N3OS. The van der Waals surface area contributed by atoms with Gasteiger partial charge in [0.2, 0.25) is 0 Å². The average molecular weight is 273 g/mol. The molecule has 5 heteroatoms. The lowest BCUT2D eigenvalue weighted by molar-refractivity contribution is 0.100. The number of primary amides is 1. The standard InChI is InChI=1S/C14H15N3OS/c15-13(18)12-7-4-8-16-14(12)17-9-10-19-11-5-2-1-3-6-11/h1-8H,9-10H2,(H2,15,18)(H,16,17). The van der Waals surface area contributed by atoms with Crippen LogP contribution >= 0.6 is 11.8 Å². The van der Waals surface area contributed by atoms with Gasteiger partial charge in [0.15, 0.2) is 0 Å². The Labute approximate surface area is 116 Å². The molecule has 1 aromatic heterocycles. The Morgan fingerprint density at radius 3 is 2.74 bits per heavy atom. The number of hydrogen-bond donors (Lipinski definition) is 2. The van der Waals surface area contributed by atoms with Crippen LogP contribution < -0.4 is 11.1 Å². The smallest absolute Gasteiger partial charge is 0.252 e. The molecule has 98 valence electrons.